The molecule has 0 radical (unpaired) electrons. The summed E-state index contributed by atoms with van der Waals surface area (Å²) in [4.78, 5) is 18.0. The molecule has 1 aliphatic carbocycles. The number of aromatic nitrogens is 2. The van der Waals surface area contributed by atoms with Gasteiger partial charge in [-0.05, 0) is 69.8 Å². The minimum absolute atomic E-state index is 0.144. The Morgan fingerprint density at radius 2 is 1.72 bits per heavy atom. The van der Waals surface area contributed by atoms with E-state index in [4.69, 9.17) is 0 Å². The number of rotatable bonds is 6. The van der Waals surface area contributed by atoms with Gasteiger partial charge in [0.2, 0.25) is 0 Å². The Morgan fingerprint density at radius 1 is 1.06 bits per heavy atom. The molecule has 0 spiro atoms. The fourth-order valence-electron chi connectivity index (χ4n) is 4.92. The molecule has 2 aromatic heterocycles. The van der Waals surface area contributed by atoms with Crippen LogP contribution >= 0.6 is 15.9 Å². The van der Waals surface area contributed by atoms with Crippen molar-refractivity contribution in [2.75, 3.05) is 5.32 Å². The van der Waals surface area contributed by atoms with Crippen molar-refractivity contribution in [3.8, 4) is 0 Å². The molecule has 32 heavy (non-hydrogen) atoms. The first-order valence-electron chi connectivity index (χ1n) is 11.7. The molecule has 2 heterocycles. The second-order valence-electron chi connectivity index (χ2n) is 9.47. The number of para-hydroxylation sites is 1. The van der Waals surface area contributed by atoms with Crippen LogP contribution in [0.5, 0.6) is 0 Å². The van der Waals surface area contributed by atoms with E-state index in [-0.39, 0.29) is 12.2 Å². The van der Waals surface area contributed by atoms with Gasteiger partial charge in [-0.25, -0.2) is 9.78 Å². The number of amides is 2. The Bertz CT molecular complexity index is 1070. The van der Waals surface area contributed by atoms with Crippen LogP contribution in [0.15, 0.2) is 47.2 Å². The van der Waals surface area contributed by atoms with Gasteiger partial charge in [0.25, 0.3) is 0 Å². The Kier molecular flexibility index (Phi) is 6.89. The summed E-state index contributed by atoms with van der Waals surface area (Å²) in [6, 6.07) is 10.2. The molecule has 1 fully saturated rings. The van der Waals surface area contributed by atoms with Crippen molar-refractivity contribution < 1.29 is 4.79 Å². The quantitative estimate of drug-likeness (QED) is 0.369. The minimum atomic E-state index is -0.161. The summed E-state index contributed by atoms with van der Waals surface area (Å²) >= 11 is 3.68. The van der Waals surface area contributed by atoms with E-state index < -0.39 is 0 Å². The summed E-state index contributed by atoms with van der Waals surface area (Å²) in [5.74, 6) is 1.03. The summed E-state index contributed by atoms with van der Waals surface area (Å²) < 4.78 is 3.13. The number of carbonyl (C=O) groups excluding carboxylic acids is 1. The highest BCUT2D eigenvalue weighted by Gasteiger charge is 2.30. The maximum absolute atomic E-state index is 13.4. The number of hydrogen-bond acceptors (Lipinski definition) is 2. The number of nitrogens with one attached hydrogen (secondary N) is 2. The monoisotopic (exact) mass is 496 g/mol. The first-order valence-corrected chi connectivity index (χ1v) is 12.5. The molecule has 1 aromatic carbocycles. The lowest BCUT2D eigenvalue weighted by Crippen LogP contribution is -2.39. The molecule has 0 saturated heterocycles. The van der Waals surface area contributed by atoms with Gasteiger partial charge in [-0.1, -0.05) is 58.7 Å². The molecule has 1 atom stereocenters. The molecule has 0 bridgehead atoms. The highest BCUT2D eigenvalue weighted by molar-refractivity contribution is 9.10. The number of carbonyl (C=O) groups is 1. The van der Waals surface area contributed by atoms with Gasteiger partial charge in [-0.15, -0.1) is 0 Å². The van der Waals surface area contributed by atoms with Crippen LogP contribution in [0.4, 0.5) is 10.5 Å². The number of pyridine rings is 1. The van der Waals surface area contributed by atoms with Crippen LogP contribution in [0.3, 0.4) is 0 Å². The van der Waals surface area contributed by atoms with Crippen LogP contribution in [0.25, 0.3) is 11.0 Å². The molecule has 5 nitrogen and oxygen atoms in total. The van der Waals surface area contributed by atoms with Gasteiger partial charge in [0.1, 0.15) is 11.8 Å². The Morgan fingerprint density at radius 3 is 2.34 bits per heavy atom. The predicted molar refractivity (Wildman–Crippen MR) is 135 cm³/mol. The fourth-order valence-corrected chi connectivity index (χ4v) is 5.45. The summed E-state index contributed by atoms with van der Waals surface area (Å²) in [5.41, 5.74) is 4.16. The maximum atomic E-state index is 13.4. The second-order valence-corrected chi connectivity index (χ2v) is 10.3. The van der Waals surface area contributed by atoms with Gasteiger partial charge >= 0.3 is 6.03 Å². The third-order valence-electron chi connectivity index (χ3n) is 6.58. The number of nitrogens with zero attached hydrogens (tertiary/aromatic N) is 2. The van der Waals surface area contributed by atoms with E-state index in [1.54, 1.807) is 0 Å². The number of hydrogen-bond donors (Lipinski definition) is 2. The average Bonchev–Trinajstić information content (AvgIpc) is 3.41. The SMILES string of the molecule is CC(C)c1cccc(C(C)C)c1NC(=O)NC(C1CCCC1)n1cc(Br)c2cccnc21. The zero-order chi connectivity index (χ0) is 22.8. The van der Waals surface area contributed by atoms with E-state index in [1.807, 2.05) is 12.3 Å². The van der Waals surface area contributed by atoms with Gasteiger partial charge in [0.15, 0.2) is 0 Å². The number of anilines is 1. The van der Waals surface area contributed by atoms with Gasteiger partial charge in [0, 0.05) is 27.9 Å². The summed E-state index contributed by atoms with van der Waals surface area (Å²) in [7, 11) is 0. The van der Waals surface area contributed by atoms with Gasteiger partial charge in [0.05, 0.1) is 0 Å². The normalized spacial score (nSPS) is 15.6. The minimum Gasteiger partial charge on any atom is -0.317 e. The van der Waals surface area contributed by atoms with E-state index in [2.05, 4.69) is 94.3 Å². The van der Waals surface area contributed by atoms with Crippen molar-refractivity contribution >= 4 is 38.7 Å². The highest BCUT2D eigenvalue weighted by Crippen LogP contribution is 2.37. The van der Waals surface area contributed by atoms with Crippen LogP contribution in [-0.4, -0.2) is 15.6 Å². The Balaban J connectivity index is 1.67. The highest BCUT2D eigenvalue weighted by atomic mass is 79.9. The average molecular weight is 497 g/mol. The van der Waals surface area contributed by atoms with Gasteiger partial charge < -0.3 is 15.2 Å². The molecule has 1 saturated carbocycles. The lowest BCUT2D eigenvalue weighted by molar-refractivity contribution is 0.229. The van der Waals surface area contributed by atoms with Crippen LogP contribution in [0, 0.1) is 5.92 Å². The van der Waals surface area contributed by atoms with Crippen molar-refractivity contribution in [2.24, 2.45) is 5.92 Å². The second kappa shape index (κ2) is 9.65. The van der Waals surface area contributed by atoms with Crippen LogP contribution < -0.4 is 10.6 Å². The number of urea groups is 1. The zero-order valence-corrected chi connectivity index (χ0v) is 20.9. The summed E-state index contributed by atoms with van der Waals surface area (Å²) in [6.07, 6.45) is 8.34. The van der Waals surface area contributed by atoms with E-state index >= 15 is 0 Å². The standard InChI is InChI=1S/C26H33BrN4O/c1-16(2)19-11-7-12-20(17(3)4)23(19)29-26(32)30-24(18-9-5-6-10-18)31-15-22(27)21-13-8-14-28-25(21)31/h7-8,11-18,24H,5-6,9-10H2,1-4H3,(H2,29,30,32). The van der Waals surface area contributed by atoms with E-state index in [0.717, 1.165) is 34.0 Å². The van der Waals surface area contributed by atoms with E-state index in [9.17, 15) is 4.79 Å². The van der Waals surface area contributed by atoms with Crippen LogP contribution in [0.1, 0.15) is 82.5 Å². The van der Waals surface area contributed by atoms with Gasteiger partial charge in [-0.3, -0.25) is 0 Å². The summed E-state index contributed by atoms with van der Waals surface area (Å²) in [6.45, 7) is 8.66. The van der Waals surface area contributed by atoms with E-state index in [1.165, 1.54) is 24.0 Å². The predicted octanol–water partition coefficient (Wildman–Crippen LogP) is 7.56. The lowest BCUT2D eigenvalue weighted by Gasteiger charge is -2.28. The number of benzene rings is 1. The molecule has 3 aromatic rings. The van der Waals surface area contributed by atoms with Crippen LogP contribution in [0.2, 0.25) is 0 Å². The number of fused-ring (bicyclic) bond motifs is 1. The molecular formula is C26H33BrN4O. The Hall–Kier alpha value is -2.34. The first kappa shape index (κ1) is 22.8. The number of halogens is 1. The molecule has 2 amide bonds. The van der Waals surface area contributed by atoms with Crippen molar-refractivity contribution in [1.82, 2.24) is 14.9 Å². The maximum Gasteiger partial charge on any atom is 0.320 e. The van der Waals surface area contributed by atoms with Crippen LogP contribution in [-0.2, 0) is 0 Å². The summed E-state index contributed by atoms with van der Waals surface area (Å²) in [5, 5.41) is 7.60. The first-order chi connectivity index (χ1) is 15.4. The molecule has 170 valence electrons. The molecular weight excluding hydrogens is 464 g/mol. The van der Waals surface area contributed by atoms with Crippen molar-refractivity contribution in [3.05, 3.63) is 58.3 Å². The lowest BCUT2D eigenvalue weighted by atomic mass is 9.93. The Labute approximate surface area is 199 Å². The molecule has 1 aliphatic rings. The zero-order valence-electron chi connectivity index (χ0n) is 19.4. The molecule has 2 N–H and O–H groups in total. The fraction of sp³-hybridized carbons (Fsp3) is 0.462. The van der Waals surface area contributed by atoms with Gasteiger partial charge in [-0.2, -0.15) is 0 Å². The van der Waals surface area contributed by atoms with Crippen molar-refractivity contribution in [1.29, 1.82) is 0 Å². The largest absolute Gasteiger partial charge is 0.320 e. The topological polar surface area (TPSA) is 59.0 Å². The molecule has 0 aliphatic heterocycles. The third kappa shape index (κ3) is 4.56. The van der Waals surface area contributed by atoms with Crippen molar-refractivity contribution in [2.45, 2.75) is 71.4 Å². The van der Waals surface area contributed by atoms with Crippen molar-refractivity contribution in [3.63, 3.8) is 0 Å². The molecule has 4 rings (SSSR count). The molecule has 1 unspecified atom stereocenters. The smallest absolute Gasteiger partial charge is 0.317 e. The van der Waals surface area contributed by atoms with E-state index in [0.29, 0.717) is 17.8 Å². The molecule has 6 heteroatoms. The third-order valence-corrected chi connectivity index (χ3v) is 7.21.